The lowest BCUT2D eigenvalue weighted by atomic mass is 10.1. The molecule has 146 valence electrons. The predicted molar refractivity (Wildman–Crippen MR) is 114 cm³/mol. The number of nitrogens with zero attached hydrogens (tertiary/aromatic N) is 5. The average Bonchev–Trinajstić information content (AvgIpc) is 3.41. The Kier molecular flexibility index (Phi) is 5.48. The molecule has 4 aromatic rings. The van der Waals surface area contributed by atoms with Gasteiger partial charge in [0, 0.05) is 30.9 Å². The fourth-order valence-corrected chi connectivity index (χ4v) is 3.93. The molecule has 0 saturated heterocycles. The smallest absolute Gasteiger partial charge is 0.267 e. The average molecular weight is 404 g/mol. The van der Waals surface area contributed by atoms with Crippen molar-refractivity contribution >= 4 is 17.4 Å². The van der Waals surface area contributed by atoms with Gasteiger partial charge >= 0.3 is 0 Å². The summed E-state index contributed by atoms with van der Waals surface area (Å²) >= 11 is 1.15. The number of para-hydroxylation sites is 1. The van der Waals surface area contributed by atoms with Gasteiger partial charge in [-0.05, 0) is 30.1 Å². The molecule has 4 rings (SSSR count). The van der Waals surface area contributed by atoms with E-state index in [4.69, 9.17) is 5.10 Å². The van der Waals surface area contributed by atoms with Crippen LogP contribution in [0.5, 0.6) is 0 Å². The maximum absolute atomic E-state index is 12.9. The van der Waals surface area contributed by atoms with Crippen molar-refractivity contribution in [3.05, 3.63) is 83.0 Å². The topological polar surface area (TPSA) is 63.9 Å². The van der Waals surface area contributed by atoms with Crippen molar-refractivity contribution in [3.8, 4) is 16.9 Å². The molecule has 29 heavy (non-hydrogen) atoms. The Bertz CT molecular complexity index is 1100. The van der Waals surface area contributed by atoms with Crippen LogP contribution in [0.3, 0.4) is 0 Å². The summed E-state index contributed by atoms with van der Waals surface area (Å²) in [6.07, 6.45) is 2.68. The summed E-state index contributed by atoms with van der Waals surface area (Å²) in [5.74, 6) is -0.0664. The molecule has 0 unspecified atom stereocenters. The number of benzene rings is 2. The molecule has 2 aromatic carbocycles. The quantitative estimate of drug-likeness (QED) is 0.483. The number of rotatable bonds is 6. The van der Waals surface area contributed by atoms with Gasteiger partial charge in [-0.1, -0.05) is 59.9 Å². The van der Waals surface area contributed by atoms with Gasteiger partial charge in [-0.3, -0.25) is 4.79 Å². The molecule has 0 saturated carbocycles. The summed E-state index contributed by atoms with van der Waals surface area (Å²) < 4.78 is 5.80. The molecule has 0 spiro atoms. The fraction of sp³-hybridized carbons (Fsp3) is 0.182. The van der Waals surface area contributed by atoms with Crippen molar-refractivity contribution in [2.24, 2.45) is 0 Å². The lowest BCUT2D eigenvalue weighted by molar-refractivity contribution is 0.0789. The maximum atomic E-state index is 12.9. The first-order valence-corrected chi connectivity index (χ1v) is 10.2. The molecule has 2 heterocycles. The number of hydrogen-bond donors (Lipinski definition) is 0. The minimum atomic E-state index is -0.0664. The number of hydrogen-bond acceptors (Lipinski definition) is 5. The van der Waals surface area contributed by atoms with Crippen LogP contribution in [0.2, 0.25) is 0 Å². The van der Waals surface area contributed by atoms with Crippen LogP contribution in [-0.4, -0.2) is 37.2 Å². The molecular formula is C22H21N5OS. The van der Waals surface area contributed by atoms with E-state index < -0.39 is 0 Å². The van der Waals surface area contributed by atoms with Crippen LogP contribution >= 0.6 is 11.5 Å². The molecular weight excluding hydrogens is 382 g/mol. The molecule has 6 nitrogen and oxygen atoms in total. The number of amides is 1. The molecule has 2 aromatic heterocycles. The zero-order valence-electron chi connectivity index (χ0n) is 16.3. The van der Waals surface area contributed by atoms with E-state index in [1.807, 2.05) is 78.5 Å². The number of carbonyl (C=O) groups excluding carboxylic acids is 1. The zero-order valence-corrected chi connectivity index (χ0v) is 17.1. The first-order chi connectivity index (χ1) is 14.2. The highest BCUT2D eigenvalue weighted by Gasteiger charge is 2.21. The lowest BCUT2D eigenvalue weighted by Crippen LogP contribution is -2.26. The highest BCUT2D eigenvalue weighted by atomic mass is 32.1. The predicted octanol–water partition coefficient (Wildman–Crippen LogP) is 4.23. The van der Waals surface area contributed by atoms with Gasteiger partial charge in [0.1, 0.15) is 4.88 Å². The third-order valence-corrected chi connectivity index (χ3v) is 5.45. The normalized spacial score (nSPS) is 10.8. The first kappa shape index (κ1) is 19.0. The summed E-state index contributed by atoms with van der Waals surface area (Å²) in [7, 11) is 1.80. The minimum Gasteiger partial charge on any atom is -0.336 e. The van der Waals surface area contributed by atoms with E-state index in [1.165, 1.54) is 0 Å². The van der Waals surface area contributed by atoms with Crippen molar-refractivity contribution in [2.45, 2.75) is 19.9 Å². The first-order valence-electron chi connectivity index (χ1n) is 9.43. The molecule has 0 fully saturated rings. The van der Waals surface area contributed by atoms with Crippen LogP contribution in [-0.2, 0) is 13.0 Å². The highest BCUT2D eigenvalue weighted by Crippen LogP contribution is 2.25. The Morgan fingerprint density at radius 1 is 1.07 bits per heavy atom. The second kappa shape index (κ2) is 8.36. The Morgan fingerprint density at radius 3 is 2.45 bits per heavy atom. The van der Waals surface area contributed by atoms with Gasteiger partial charge in [0.15, 0.2) is 0 Å². The molecule has 1 amide bonds. The lowest BCUT2D eigenvalue weighted by Gasteiger charge is -2.16. The second-order valence-electron chi connectivity index (χ2n) is 6.71. The zero-order chi connectivity index (χ0) is 20.2. The van der Waals surface area contributed by atoms with Gasteiger partial charge in [0.2, 0.25) is 0 Å². The molecule has 7 heteroatoms. The maximum Gasteiger partial charge on any atom is 0.267 e. The summed E-state index contributed by atoms with van der Waals surface area (Å²) in [6.45, 7) is 2.42. The van der Waals surface area contributed by atoms with Gasteiger partial charge in [0.05, 0.1) is 17.1 Å². The highest BCUT2D eigenvalue weighted by molar-refractivity contribution is 7.07. The van der Waals surface area contributed by atoms with Crippen LogP contribution in [0, 0.1) is 0 Å². The van der Waals surface area contributed by atoms with Crippen LogP contribution in [0.25, 0.3) is 16.9 Å². The number of carbonyl (C=O) groups is 1. The SMILES string of the molecule is CCc1nnsc1C(=O)N(C)Cc1cn(-c2ccccc2)nc1-c1ccccc1. The monoisotopic (exact) mass is 403 g/mol. The molecule has 0 aliphatic heterocycles. The van der Waals surface area contributed by atoms with Crippen LogP contribution in [0.1, 0.15) is 27.9 Å². The van der Waals surface area contributed by atoms with Gasteiger partial charge < -0.3 is 4.90 Å². The van der Waals surface area contributed by atoms with E-state index in [2.05, 4.69) is 9.59 Å². The van der Waals surface area contributed by atoms with Crippen LogP contribution in [0.15, 0.2) is 66.9 Å². The summed E-state index contributed by atoms with van der Waals surface area (Å²) in [5.41, 5.74) is 4.59. The molecule has 0 N–H and O–H groups in total. The Balaban J connectivity index is 1.68. The minimum absolute atomic E-state index is 0.0664. The molecule has 0 bridgehead atoms. The summed E-state index contributed by atoms with van der Waals surface area (Å²) in [4.78, 5) is 15.2. The van der Waals surface area contributed by atoms with Crippen LogP contribution in [0.4, 0.5) is 0 Å². The summed E-state index contributed by atoms with van der Waals surface area (Å²) in [5, 5.41) is 8.87. The Labute approximate surface area is 173 Å². The van der Waals surface area contributed by atoms with E-state index in [-0.39, 0.29) is 5.91 Å². The third-order valence-electron chi connectivity index (χ3n) is 4.70. The molecule has 0 atom stereocenters. The van der Waals surface area contributed by atoms with Crippen LogP contribution < -0.4 is 0 Å². The van der Waals surface area contributed by atoms with Crippen molar-refractivity contribution in [3.63, 3.8) is 0 Å². The van der Waals surface area contributed by atoms with Gasteiger partial charge in [-0.2, -0.15) is 5.10 Å². The van der Waals surface area contributed by atoms with E-state index in [0.29, 0.717) is 17.8 Å². The Morgan fingerprint density at radius 2 is 1.76 bits per heavy atom. The molecule has 0 aliphatic carbocycles. The van der Waals surface area contributed by atoms with E-state index >= 15 is 0 Å². The van der Waals surface area contributed by atoms with Crippen molar-refractivity contribution in [2.75, 3.05) is 7.05 Å². The van der Waals surface area contributed by atoms with Gasteiger partial charge in [-0.25, -0.2) is 4.68 Å². The third kappa shape index (κ3) is 3.95. The van der Waals surface area contributed by atoms with Gasteiger partial charge in [0.25, 0.3) is 5.91 Å². The van der Waals surface area contributed by atoms with E-state index in [9.17, 15) is 4.79 Å². The van der Waals surface area contributed by atoms with E-state index in [1.54, 1.807) is 11.9 Å². The number of aryl methyl sites for hydroxylation is 1. The molecule has 0 aliphatic rings. The van der Waals surface area contributed by atoms with Crippen molar-refractivity contribution in [1.82, 2.24) is 24.3 Å². The summed E-state index contributed by atoms with van der Waals surface area (Å²) in [6, 6.07) is 20.0. The second-order valence-corrected chi connectivity index (χ2v) is 7.47. The molecule has 0 radical (unpaired) electrons. The van der Waals surface area contributed by atoms with Gasteiger partial charge in [-0.15, -0.1) is 5.10 Å². The largest absolute Gasteiger partial charge is 0.336 e. The number of aromatic nitrogens is 4. The Hall–Kier alpha value is -3.32. The standard InChI is InChI=1S/C22H21N5OS/c1-3-19-21(29-25-23-19)22(28)26(2)14-17-15-27(18-12-8-5-9-13-18)24-20(17)16-10-6-4-7-11-16/h4-13,15H,3,14H2,1-2H3. The fourth-order valence-electron chi connectivity index (χ4n) is 3.18. The van der Waals surface area contributed by atoms with Crippen molar-refractivity contribution < 1.29 is 4.79 Å². The van der Waals surface area contributed by atoms with Crippen molar-refractivity contribution in [1.29, 1.82) is 0 Å². The van der Waals surface area contributed by atoms with E-state index in [0.717, 1.165) is 39.7 Å².